The van der Waals surface area contributed by atoms with Crippen LogP contribution in [0, 0.1) is 0 Å². The molecule has 1 fully saturated rings. The van der Waals surface area contributed by atoms with Gasteiger partial charge in [0, 0.05) is 12.4 Å². The molecule has 1 aliphatic rings. The number of hydrogen-bond donors (Lipinski definition) is 2. The van der Waals surface area contributed by atoms with E-state index in [1.807, 2.05) is 0 Å². The lowest BCUT2D eigenvalue weighted by atomic mass is 9.97. The molecule has 1 aliphatic carbocycles. The van der Waals surface area contributed by atoms with Gasteiger partial charge >= 0.3 is 12.1 Å². The van der Waals surface area contributed by atoms with Crippen molar-refractivity contribution < 1.29 is 27.9 Å². The predicted octanol–water partition coefficient (Wildman–Crippen LogP) is 2.16. The summed E-state index contributed by atoms with van der Waals surface area (Å²) in [5.74, 6) is -1.90. The standard InChI is InChI=1S/C14H15F3N2O3/c15-14(16,17)10-3-6-18-8-9(10)7-11(20)19-13(12(21)22)4-1-2-5-13/h3,6,8H,1-2,4-5,7H2,(H,19,20)(H,21,22). The minimum absolute atomic E-state index is 0.272. The van der Waals surface area contributed by atoms with Crippen LogP contribution in [0.2, 0.25) is 0 Å². The van der Waals surface area contributed by atoms with E-state index in [1.54, 1.807) is 0 Å². The summed E-state index contributed by atoms with van der Waals surface area (Å²) >= 11 is 0. The van der Waals surface area contributed by atoms with E-state index in [9.17, 15) is 27.9 Å². The molecule has 5 nitrogen and oxygen atoms in total. The van der Waals surface area contributed by atoms with Gasteiger partial charge in [-0.15, -0.1) is 0 Å². The number of rotatable bonds is 4. The largest absolute Gasteiger partial charge is 0.480 e. The first-order valence-electron chi connectivity index (χ1n) is 6.79. The SMILES string of the molecule is O=C(Cc1cnccc1C(F)(F)F)NC1(C(=O)O)CCCC1. The zero-order valence-electron chi connectivity index (χ0n) is 11.6. The number of carboxylic acid groups (broad SMARTS) is 1. The van der Waals surface area contributed by atoms with E-state index in [2.05, 4.69) is 10.3 Å². The number of amides is 1. The molecule has 120 valence electrons. The van der Waals surface area contributed by atoms with Gasteiger partial charge in [-0.2, -0.15) is 13.2 Å². The van der Waals surface area contributed by atoms with Crippen molar-refractivity contribution in [2.75, 3.05) is 0 Å². The molecule has 0 aromatic carbocycles. The Morgan fingerprint density at radius 3 is 2.50 bits per heavy atom. The Morgan fingerprint density at radius 1 is 1.32 bits per heavy atom. The first-order chi connectivity index (χ1) is 10.2. The number of aromatic nitrogens is 1. The van der Waals surface area contributed by atoms with Crippen LogP contribution in [0.3, 0.4) is 0 Å². The van der Waals surface area contributed by atoms with Crippen LogP contribution in [-0.4, -0.2) is 27.5 Å². The van der Waals surface area contributed by atoms with Gasteiger partial charge < -0.3 is 10.4 Å². The third-order valence-corrected chi connectivity index (χ3v) is 3.81. The Labute approximate surface area is 124 Å². The van der Waals surface area contributed by atoms with Gasteiger partial charge in [-0.3, -0.25) is 9.78 Å². The molecular formula is C14H15F3N2O3. The van der Waals surface area contributed by atoms with Crippen molar-refractivity contribution >= 4 is 11.9 Å². The van der Waals surface area contributed by atoms with E-state index in [1.165, 1.54) is 0 Å². The minimum atomic E-state index is -4.59. The van der Waals surface area contributed by atoms with Gasteiger partial charge in [-0.25, -0.2) is 4.79 Å². The lowest BCUT2D eigenvalue weighted by molar-refractivity contribution is -0.147. The van der Waals surface area contributed by atoms with E-state index in [0.717, 1.165) is 18.5 Å². The quantitative estimate of drug-likeness (QED) is 0.892. The molecule has 1 aromatic heterocycles. The molecule has 2 rings (SSSR count). The van der Waals surface area contributed by atoms with Crippen LogP contribution in [0.4, 0.5) is 13.2 Å². The third-order valence-electron chi connectivity index (χ3n) is 3.81. The maximum absolute atomic E-state index is 12.9. The summed E-state index contributed by atoms with van der Waals surface area (Å²) in [7, 11) is 0. The Bertz CT molecular complexity index is 581. The number of carbonyl (C=O) groups is 2. The highest BCUT2D eigenvalue weighted by molar-refractivity contribution is 5.88. The first kappa shape index (κ1) is 16.3. The molecule has 0 atom stereocenters. The topological polar surface area (TPSA) is 79.3 Å². The summed E-state index contributed by atoms with van der Waals surface area (Å²) in [4.78, 5) is 26.9. The van der Waals surface area contributed by atoms with Crippen LogP contribution in [0.25, 0.3) is 0 Å². The van der Waals surface area contributed by atoms with Gasteiger partial charge in [0.1, 0.15) is 5.54 Å². The number of nitrogens with one attached hydrogen (secondary N) is 1. The monoisotopic (exact) mass is 316 g/mol. The van der Waals surface area contributed by atoms with Crippen LogP contribution in [0.5, 0.6) is 0 Å². The normalized spacial score (nSPS) is 17.2. The Kier molecular flexibility index (Phi) is 4.39. The summed E-state index contributed by atoms with van der Waals surface area (Å²) in [6.07, 6.45) is -1.28. The van der Waals surface area contributed by atoms with Crippen LogP contribution in [0.15, 0.2) is 18.5 Å². The van der Waals surface area contributed by atoms with Crippen molar-refractivity contribution in [3.05, 3.63) is 29.6 Å². The Balaban J connectivity index is 2.15. The van der Waals surface area contributed by atoms with E-state index in [-0.39, 0.29) is 18.4 Å². The number of carboxylic acids is 1. The van der Waals surface area contributed by atoms with Gasteiger partial charge in [0.2, 0.25) is 5.91 Å². The molecular weight excluding hydrogens is 301 g/mol. The highest BCUT2D eigenvalue weighted by Crippen LogP contribution is 2.32. The Morgan fingerprint density at radius 2 is 1.95 bits per heavy atom. The van der Waals surface area contributed by atoms with Gasteiger partial charge in [-0.05, 0) is 24.5 Å². The van der Waals surface area contributed by atoms with Gasteiger partial charge in [-0.1, -0.05) is 12.8 Å². The Hall–Kier alpha value is -2.12. The molecule has 2 N–H and O–H groups in total. The van der Waals surface area contributed by atoms with Crippen LogP contribution in [-0.2, 0) is 22.2 Å². The summed E-state index contributed by atoms with van der Waals surface area (Å²) < 4.78 is 38.6. The number of hydrogen-bond acceptors (Lipinski definition) is 3. The number of alkyl halides is 3. The summed E-state index contributed by atoms with van der Waals surface area (Å²) in [5, 5.41) is 11.6. The molecule has 22 heavy (non-hydrogen) atoms. The van der Waals surface area contributed by atoms with Crippen molar-refractivity contribution in [1.82, 2.24) is 10.3 Å². The van der Waals surface area contributed by atoms with Gasteiger partial charge in [0.15, 0.2) is 0 Å². The van der Waals surface area contributed by atoms with Gasteiger partial charge in [0.05, 0.1) is 12.0 Å². The van der Waals surface area contributed by atoms with Crippen molar-refractivity contribution in [3.8, 4) is 0 Å². The van der Waals surface area contributed by atoms with Crippen molar-refractivity contribution in [2.45, 2.75) is 43.8 Å². The molecule has 1 amide bonds. The second kappa shape index (κ2) is 5.94. The zero-order chi connectivity index (χ0) is 16.4. The van der Waals surface area contributed by atoms with Crippen molar-refractivity contribution in [1.29, 1.82) is 0 Å². The molecule has 1 saturated carbocycles. The molecule has 8 heteroatoms. The highest BCUT2D eigenvalue weighted by Gasteiger charge is 2.43. The molecule has 0 bridgehead atoms. The number of nitrogens with zero attached hydrogens (tertiary/aromatic N) is 1. The van der Waals surface area contributed by atoms with Crippen molar-refractivity contribution in [3.63, 3.8) is 0 Å². The lowest BCUT2D eigenvalue weighted by Gasteiger charge is -2.25. The maximum atomic E-state index is 12.9. The summed E-state index contributed by atoms with van der Waals surface area (Å²) in [6.45, 7) is 0. The molecule has 1 heterocycles. The molecule has 0 unspecified atom stereocenters. The second-order valence-corrected chi connectivity index (χ2v) is 5.35. The molecule has 0 spiro atoms. The smallest absolute Gasteiger partial charge is 0.416 e. The third kappa shape index (κ3) is 3.37. The number of aliphatic carboxylic acids is 1. The minimum Gasteiger partial charge on any atom is -0.480 e. The molecule has 0 aliphatic heterocycles. The van der Waals surface area contributed by atoms with E-state index in [4.69, 9.17) is 0 Å². The molecule has 1 aromatic rings. The molecule has 0 radical (unpaired) electrons. The van der Waals surface area contributed by atoms with Crippen molar-refractivity contribution in [2.24, 2.45) is 0 Å². The average Bonchev–Trinajstić information content (AvgIpc) is 2.87. The first-order valence-corrected chi connectivity index (χ1v) is 6.79. The van der Waals surface area contributed by atoms with E-state index in [0.29, 0.717) is 12.8 Å². The molecule has 0 saturated heterocycles. The number of pyridine rings is 1. The summed E-state index contributed by atoms with van der Waals surface area (Å²) in [5.41, 5.74) is -2.57. The zero-order valence-corrected chi connectivity index (χ0v) is 11.6. The lowest BCUT2D eigenvalue weighted by Crippen LogP contribution is -2.53. The van der Waals surface area contributed by atoms with Gasteiger partial charge in [0.25, 0.3) is 0 Å². The highest BCUT2D eigenvalue weighted by atomic mass is 19.4. The van der Waals surface area contributed by atoms with Crippen LogP contribution in [0.1, 0.15) is 36.8 Å². The van der Waals surface area contributed by atoms with E-state index >= 15 is 0 Å². The maximum Gasteiger partial charge on any atom is 0.416 e. The number of halogens is 3. The van der Waals surface area contributed by atoms with Crippen LogP contribution < -0.4 is 5.32 Å². The fourth-order valence-electron chi connectivity index (χ4n) is 2.70. The second-order valence-electron chi connectivity index (χ2n) is 5.35. The predicted molar refractivity (Wildman–Crippen MR) is 69.9 cm³/mol. The average molecular weight is 316 g/mol. The fourth-order valence-corrected chi connectivity index (χ4v) is 2.70. The van der Waals surface area contributed by atoms with E-state index < -0.39 is 35.6 Å². The van der Waals surface area contributed by atoms with Crippen LogP contribution >= 0.6 is 0 Å². The number of carbonyl (C=O) groups excluding carboxylic acids is 1. The fraction of sp³-hybridized carbons (Fsp3) is 0.500. The summed E-state index contributed by atoms with van der Waals surface area (Å²) in [6, 6.07) is 0.797.